The minimum atomic E-state index is 0.163. The van der Waals surface area contributed by atoms with Crippen LogP contribution in [0.4, 0.5) is 0 Å². The molecule has 4 rings (SSSR count). The second-order valence-electron chi connectivity index (χ2n) is 7.64. The van der Waals surface area contributed by atoms with Crippen molar-refractivity contribution in [1.29, 1.82) is 0 Å². The number of hydrogen-bond donors (Lipinski definition) is 3. The smallest absolute Gasteiger partial charge is 0.0471 e. The van der Waals surface area contributed by atoms with E-state index in [9.17, 15) is 5.11 Å². The molecule has 4 aliphatic rings. The van der Waals surface area contributed by atoms with Gasteiger partial charge in [0.25, 0.3) is 0 Å². The Morgan fingerprint density at radius 3 is 2.05 bits per heavy atom. The van der Waals surface area contributed by atoms with Gasteiger partial charge in [-0.25, -0.2) is 0 Å². The largest absolute Gasteiger partial charge is 0.396 e. The summed E-state index contributed by atoms with van der Waals surface area (Å²) in [4.78, 5) is 0. The van der Waals surface area contributed by atoms with Gasteiger partial charge in [0.05, 0.1) is 0 Å². The van der Waals surface area contributed by atoms with Crippen molar-refractivity contribution in [2.24, 2.45) is 35.3 Å². The van der Waals surface area contributed by atoms with E-state index in [4.69, 9.17) is 5.73 Å². The molecule has 4 saturated carbocycles. The number of rotatable bonds is 5. The summed E-state index contributed by atoms with van der Waals surface area (Å²) in [7, 11) is 0. The number of aliphatic hydroxyl groups excluding tert-OH is 1. The Morgan fingerprint density at radius 1 is 1.11 bits per heavy atom. The van der Waals surface area contributed by atoms with E-state index in [0.29, 0.717) is 12.0 Å². The van der Waals surface area contributed by atoms with E-state index in [0.717, 1.165) is 30.2 Å². The van der Waals surface area contributed by atoms with Gasteiger partial charge < -0.3 is 16.2 Å². The van der Waals surface area contributed by atoms with E-state index in [-0.39, 0.29) is 12.1 Å². The Hall–Kier alpha value is -0.120. The lowest BCUT2D eigenvalue weighted by Gasteiger charge is -2.62. The van der Waals surface area contributed by atoms with Crippen molar-refractivity contribution in [3.05, 3.63) is 0 Å². The molecule has 0 radical (unpaired) electrons. The predicted molar refractivity (Wildman–Crippen MR) is 77.7 cm³/mol. The fourth-order valence-electron chi connectivity index (χ4n) is 5.38. The molecule has 2 atom stereocenters. The monoisotopic (exact) mass is 266 g/mol. The lowest BCUT2D eigenvalue weighted by Crippen LogP contribution is -2.70. The Morgan fingerprint density at radius 2 is 1.63 bits per heavy atom. The highest BCUT2D eigenvalue weighted by Gasteiger charge is 2.56. The summed E-state index contributed by atoms with van der Waals surface area (Å²) < 4.78 is 0. The average molecular weight is 266 g/mol. The van der Waals surface area contributed by atoms with Gasteiger partial charge in [-0.2, -0.15) is 0 Å². The topological polar surface area (TPSA) is 58.3 Å². The first-order chi connectivity index (χ1) is 9.09. The van der Waals surface area contributed by atoms with Gasteiger partial charge in [-0.1, -0.05) is 6.92 Å². The number of hydrogen-bond acceptors (Lipinski definition) is 3. The maximum Gasteiger partial charge on any atom is 0.0471 e. The number of nitrogens with one attached hydrogen (secondary N) is 1. The highest BCUT2D eigenvalue weighted by atomic mass is 16.3. The molecule has 4 fully saturated rings. The summed E-state index contributed by atoms with van der Waals surface area (Å²) in [5.41, 5.74) is 6.42. The van der Waals surface area contributed by atoms with Crippen LogP contribution in [0.3, 0.4) is 0 Å². The van der Waals surface area contributed by atoms with Crippen LogP contribution in [0.25, 0.3) is 0 Å². The minimum absolute atomic E-state index is 0.163. The second-order valence-corrected chi connectivity index (χ2v) is 7.64. The van der Waals surface area contributed by atoms with Gasteiger partial charge in [0.1, 0.15) is 0 Å². The molecule has 4 N–H and O–H groups in total. The fourth-order valence-corrected chi connectivity index (χ4v) is 5.38. The van der Waals surface area contributed by atoms with Gasteiger partial charge in [-0.05, 0) is 68.6 Å². The molecule has 4 aliphatic carbocycles. The van der Waals surface area contributed by atoms with Gasteiger partial charge in [0.2, 0.25) is 0 Å². The Balaban J connectivity index is 1.79. The molecule has 0 saturated heterocycles. The zero-order valence-electron chi connectivity index (χ0n) is 12.4. The molecule has 2 unspecified atom stereocenters. The molecule has 0 aromatic carbocycles. The SMILES string of the molecule is CC(CO)C(C)NC1(CN)C2CC3CC(C2)CC1C3. The standard InChI is InChI=1S/C16H30N2O/c1-10(8-19)11(2)18-16(9-17)14-4-12-3-13(6-14)7-15(16)5-12/h10-15,18-19H,3-9,17H2,1-2H3. The van der Waals surface area contributed by atoms with E-state index < -0.39 is 0 Å². The first-order valence-corrected chi connectivity index (χ1v) is 8.17. The van der Waals surface area contributed by atoms with Gasteiger partial charge in [-0.15, -0.1) is 0 Å². The minimum Gasteiger partial charge on any atom is -0.396 e. The molecule has 0 aromatic heterocycles. The summed E-state index contributed by atoms with van der Waals surface area (Å²) in [6, 6.07) is 0.353. The molecule has 0 spiro atoms. The average Bonchev–Trinajstić information content (AvgIpc) is 2.41. The van der Waals surface area contributed by atoms with E-state index >= 15 is 0 Å². The van der Waals surface area contributed by atoms with Crippen molar-refractivity contribution >= 4 is 0 Å². The van der Waals surface area contributed by atoms with Crippen molar-refractivity contribution in [3.8, 4) is 0 Å². The molecule has 110 valence electrons. The van der Waals surface area contributed by atoms with Crippen LogP contribution >= 0.6 is 0 Å². The van der Waals surface area contributed by atoms with E-state index in [2.05, 4.69) is 19.2 Å². The van der Waals surface area contributed by atoms with Crippen molar-refractivity contribution in [1.82, 2.24) is 5.32 Å². The summed E-state index contributed by atoms with van der Waals surface area (Å²) in [5, 5.41) is 13.3. The van der Waals surface area contributed by atoms with Gasteiger partial charge in [0, 0.05) is 24.7 Å². The van der Waals surface area contributed by atoms with Crippen molar-refractivity contribution in [3.63, 3.8) is 0 Å². The molecular weight excluding hydrogens is 236 g/mol. The first-order valence-electron chi connectivity index (χ1n) is 8.17. The Kier molecular flexibility index (Phi) is 3.65. The maximum atomic E-state index is 9.37. The molecule has 0 aromatic rings. The van der Waals surface area contributed by atoms with Gasteiger partial charge in [-0.3, -0.25) is 0 Å². The van der Waals surface area contributed by atoms with Crippen LogP contribution < -0.4 is 11.1 Å². The summed E-state index contributed by atoms with van der Waals surface area (Å²) in [6.45, 7) is 5.36. The highest BCUT2D eigenvalue weighted by Crippen LogP contribution is 2.58. The van der Waals surface area contributed by atoms with E-state index in [1.807, 2.05) is 0 Å². The molecule has 4 bridgehead atoms. The van der Waals surface area contributed by atoms with Crippen LogP contribution in [-0.4, -0.2) is 29.8 Å². The third-order valence-electron chi connectivity index (χ3n) is 6.57. The fraction of sp³-hybridized carbons (Fsp3) is 1.00. The summed E-state index contributed by atoms with van der Waals surface area (Å²) in [6.07, 6.45) is 7.03. The lowest BCUT2D eigenvalue weighted by molar-refractivity contribution is -0.0763. The molecule has 19 heavy (non-hydrogen) atoms. The van der Waals surface area contributed by atoms with Crippen molar-refractivity contribution < 1.29 is 5.11 Å². The first kappa shape index (κ1) is 13.8. The van der Waals surface area contributed by atoms with E-state index in [1.54, 1.807) is 0 Å². The molecule has 0 amide bonds. The molecule has 3 nitrogen and oxygen atoms in total. The van der Waals surface area contributed by atoms with Crippen LogP contribution in [0, 0.1) is 29.6 Å². The zero-order valence-corrected chi connectivity index (χ0v) is 12.4. The zero-order chi connectivity index (χ0) is 13.6. The normalized spacial score (nSPS) is 47.4. The van der Waals surface area contributed by atoms with E-state index in [1.165, 1.54) is 32.1 Å². The molecule has 3 heteroatoms. The third kappa shape index (κ3) is 2.14. The van der Waals surface area contributed by atoms with Crippen LogP contribution in [0.2, 0.25) is 0 Å². The summed E-state index contributed by atoms with van der Waals surface area (Å²) >= 11 is 0. The second kappa shape index (κ2) is 5.01. The molecule has 0 aliphatic heterocycles. The predicted octanol–water partition coefficient (Wildman–Crippen LogP) is 1.75. The Bertz CT molecular complexity index is 303. The van der Waals surface area contributed by atoms with Gasteiger partial charge in [0.15, 0.2) is 0 Å². The molecular formula is C16H30N2O. The van der Waals surface area contributed by atoms with Crippen molar-refractivity contribution in [2.45, 2.75) is 57.5 Å². The van der Waals surface area contributed by atoms with Crippen molar-refractivity contribution in [2.75, 3.05) is 13.2 Å². The third-order valence-corrected chi connectivity index (χ3v) is 6.57. The lowest BCUT2D eigenvalue weighted by atomic mass is 9.48. The molecule has 0 heterocycles. The Labute approximate surface area is 117 Å². The number of nitrogens with two attached hydrogens (primary N) is 1. The quantitative estimate of drug-likeness (QED) is 0.710. The summed E-state index contributed by atoms with van der Waals surface area (Å²) in [5.74, 6) is 3.83. The van der Waals surface area contributed by atoms with Gasteiger partial charge >= 0.3 is 0 Å². The van der Waals surface area contributed by atoms with Crippen LogP contribution in [-0.2, 0) is 0 Å². The highest BCUT2D eigenvalue weighted by molar-refractivity contribution is 5.12. The van der Waals surface area contributed by atoms with Crippen LogP contribution in [0.1, 0.15) is 46.0 Å². The van der Waals surface area contributed by atoms with Crippen LogP contribution in [0.5, 0.6) is 0 Å². The maximum absolute atomic E-state index is 9.37. The number of aliphatic hydroxyl groups is 1. The van der Waals surface area contributed by atoms with Crippen LogP contribution in [0.15, 0.2) is 0 Å².